The van der Waals surface area contributed by atoms with Crippen LogP contribution in [-0.2, 0) is 9.59 Å². The molecule has 0 aliphatic carbocycles. The van der Waals surface area contributed by atoms with E-state index in [1.165, 1.54) is 0 Å². The van der Waals surface area contributed by atoms with Crippen molar-refractivity contribution in [2.24, 2.45) is 0 Å². The number of fused-ring (bicyclic) bond motifs is 1. The minimum absolute atomic E-state index is 0.0757. The van der Waals surface area contributed by atoms with Crippen LogP contribution >= 0.6 is 23.8 Å². The highest BCUT2D eigenvalue weighted by Crippen LogP contribution is 2.23. The fraction of sp³-hybridized carbons (Fsp3) is 0.0952. The van der Waals surface area contributed by atoms with Gasteiger partial charge < -0.3 is 9.47 Å². The highest BCUT2D eigenvalue weighted by atomic mass is 35.5. The van der Waals surface area contributed by atoms with Gasteiger partial charge in [-0.1, -0.05) is 54.1 Å². The Morgan fingerprint density at radius 2 is 1.53 bits per heavy atom. The second-order valence-corrected chi connectivity index (χ2v) is 6.88. The molecule has 3 N–H and O–H groups in total. The van der Waals surface area contributed by atoms with E-state index in [0.717, 1.165) is 10.8 Å². The highest BCUT2D eigenvalue weighted by Gasteiger charge is 2.09. The van der Waals surface area contributed by atoms with Crippen molar-refractivity contribution in [3.8, 4) is 11.5 Å². The fourth-order valence-corrected chi connectivity index (χ4v) is 2.82. The molecule has 0 unspecified atom stereocenters. The van der Waals surface area contributed by atoms with Gasteiger partial charge in [0.05, 0.1) is 5.02 Å². The summed E-state index contributed by atoms with van der Waals surface area (Å²) in [4.78, 5) is 23.8. The standard InChI is InChI=1S/C21H18ClN3O4S/c22-17-7-3-4-8-18(17)29-13-20(27)24-25-21(30)23-19(26)12-28-16-10-9-14-5-1-2-6-15(14)11-16/h1-11H,12-13H2,(H,24,27)(H2,23,25,26,30). The maximum Gasteiger partial charge on any atom is 0.276 e. The summed E-state index contributed by atoms with van der Waals surface area (Å²) < 4.78 is 10.8. The van der Waals surface area contributed by atoms with Crippen LogP contribution in [0.25, 0.3) is 10.8 Å². The van der Waals surface area contributed by atoms with Gasteiger partial charge in [-0.2, -0.15) is 0 Å². The van der Waals surface area contributed by atoms with Crippen molar-refractivity contribution in [3.05, 3.63) is 71.8 Å². The molecular weight excluding hydrogens is 426 g/mol. The Bertz CT molecular complexity index is 1080. The number of para-hydroxylation sites is 1. The lowest BCUT2D eigenvalue weighted by Gasteiger charge is -2.12. The predicted molar refractivity (Wildman–Crippen MR) is 118 cm³/mol. The van der Waals surface area contributed by atoms with Crippen LogP contribution in [0.3, 0.4) is 0 Å². The van der Waals surface area contributed by atoms with E-state index in [1.54, 1.807) is 30.3 Å². The highest BCUT2D eigenvalue weighted by molar-refractivity contribution is 7.80. The molecule has 0 radical (unpaired) electrons. The van der Waals surface area contributed by atoms with Crippen LogP contribution in [0, 0.1) is 0 Å². The first-order valence-electron chi connectivity index (χ1n) is 8.89. The zero-order valence-electron chi connectivity index (χ0n) is 15.7. The molecule has 9 heteroatoms. The van der Waals surface area contributed by atoms with Crippen molar-refractivity contribution in [2.45, 2.75) is 0 Å². The van der Waals surface area contributed by atoms with Crippen LogP contribution in [0.1, 0.15) is 0 Å². The van der Waals surface area contributed by atoms with Gasteiger partial charge >= 0.3 is 0 Å². The maximum atomic E-state index is 12.0. The molecule has 0 aliphatic rings. The lowest BCUT2D eigenvalue weighted by Crippen LogP contribution is -2.50. The van der Waals surface area contributed by atoms with Gasteiger partial charge in [0.15, 0.2) is 18.3 Å². The molecular formula is C21H18ClN3O4S. The van der Waals surface area contributed by atoms with Crippen molar-refractivity contribution in [3.63, 3.8) is 0 Å². The fourth-order valence-electron chi connectivity index (χ4n) is 2.47. The number of thiocarbonyl (C=S) groups is 1. The second-order valence-electron chi connectivity index (χ2n) is 6.07. The van der Waals surface area contributed by atoms with E-state index in [-0.39, 0.29) is 18.3 Å². The number of amides is 2. The number of ether oxygens (including phenoxy) is 2. The van der Waals surface area contributed by atoms with Crippen LogP contribution in [-0.4, -0.2) is 30.1 Å². The van der Waals surface area contributed by atoms with Crippen molar-refractivity contribution in [1.29, 1.82) is 0 Å². The smallest absolute Gasteiger partial charge is 0.276 e. The zero-order chi connectivity index (χ0) is 21.3. The molecule has 0 atom stereocenters. The van der Waals surface area contributed by atoms with Gasteiger partial charge in [0.1, 0.15) is 11.5 Å². The zero-order valence-corrected chi connectivity index (χ0v) is 17.3. The van der Waals surface area contributed by atoms with Gasteiger partial charge in [-0.15, -0.1) is 0 Å². The van der Waals surface area contributed by atoms with Gasteiger partial charge in [0.2, 0.25) is 0 Å². The lowest BCUT2D eigenvalue weighted by atomic mass is 10.1. The van der Waals surface area contributed by atoms with Crippen molar-refractivity contribution in [2.75, 3.05) is 13.2 Å². The first-order valence-corrected chi connectivity index (χ1v) is 9.67. The van der Waals surface area contributed by atoms with E-state index >= 15 is 0 Å². The predicted octanol–water partition coefficient (Wildman–Crippen LogP) is 2.97. The number of carbonyl (C=O) groups excluding carboxylic acids is 2. The number of halogens is 1. The Morgan fingerprint density at radius 3 is 2.33 bits per heavy atom. The molecule has 0 saturated carbocycles. The van der Waals surface area contributed by atoms with Crippen molar-refractivity contribution in [1.82, 2.24) is 16.2 Å². The molecule has 0 saturated heterocycles. The SMILES string of the molecule is O=C(COc1ccccc1Cl)NNC(=S)NC(=O)COc1ccc2ccccc2c1. The first kappa shape index (κ1) is 21.4. The summed E-state index contributed by atoms with van der Waals surface area (Å²) in [6, 6.07) is 20.1. The molecule has 0 aromatic heterocycles. The van der Waals surface area contributed by atoms with Crippen LogP contribution in [0.2, 0.25) is 5.02 Å². The molecule has 0 spiro atoms. The molecule has 3 aromatic rings. The monoisotopic (exact) mass is 443 g/mol. The van der Waals surface area contributed by atoms with E-state index < -0.39 is 11.8 Å². The quantitative estimate of drug-likeness (QED) is 0.401. The molecule has 0 heterocycles. The van der Waals surface area contributed by atoms with E-state index in [4.69, 9.17) is 33.3 Å². The Morgan fingerprint density at radius 1 is 0.833 bits per heavy atom. The third-order valence-corrected chi connectivity index (χ3v) is 4.37. The topological polar surface area (TPSA) is 88.7 Å². The molecule has 0 fully saturated rings. The largest absolute Gasteiger partial charge is 0.484 e. The van der Waals surface area contributed by atoms with Crippen LogP contribution in [0.5, 0.6) is 11.5 Å². The van der Waals surface area contributed by atoms with Crippen LogP contribution in [0.15, 0.2) is 66.7 Å². The third-order valence-electron chi connectivity index (χ3n) is 3.85. The summed E-state index contributed by atoms with van der Waals surface area (Å²) in [7, 11) is 0. The number of carbonyl (C=O) groups is 2. The molecule has 2 amide bonds. The van der Waals surface area contributed by atoms with Gasteiger partial charge in [-0.05, 0) is 47.3 Å². The molecule has 0 aliphatic heterocycles. The van der Waals surface area contributed by atoms with E-state index in [9.17, 15) is 9.59 Å². The summed E-state index contributed by atoms with van der Waals surface area (Å²) in [6.07, 6.45) is 0. The van der Waals surface area contributed by atoms with Gasteiger partial charge in [0, 0.05) is 0 Å². The normalized spacial score (nSPS) is 10.2. The molecule has 7 nitrogen and oxygen atoms in total. The number of nitrogens with one attached hydrogen (secondary N) is 3. The van der Waals surface area contributed by atoms with Crippen molar-refractivity contribution >= 4 is 51.5 Å². The van der Waals surface area contributed by atoms with Crippen LogP contribution < -0.4 is 25.6 Å². The Labute approximate surface area is 183 Å². The summed E-state index contributed by atoms with van der Waals surface area (Å²) in [5.74, 6) is -0.0232. The van der Waals surface area contributed by atoms with Gasteiger partial charge in [-0.25, -0.2) is 0 Å². The summed E-state index contributed by atoms with van der Waals surface area (Å²) in [6.45, 7) is -0.512. The summed E-state index contributed by atoms with van der Waals surface area (Å²) in [5, 5.41) is 4.81. The van der Waals surface area contributed by atoms with Crippen LogP contribution in [0.4, 0.5) is 0 Å². The summed E-state index contributed by atoms with van der Waals surface area (Å²) in [5.41, 5.74) is 4.74. The number of hydrazine groups is 1. The average molecular weight is 444 g/mol. The molecule has 3 aromatic carbocycles. The minimum Gasteiger partial charge on any atom is -0.484 e. The molecule has 154 valence electrons. The number of rotatable bonds is 6. The van der Waals surface area contributed by atoms with E-state index in [1.807, 2.05) is 36.4 Å². The average Bonchev–Trinajstić information content (AvgIpc) is 2.75. The van der Waals surface area contributed by atoms with Gasteiger partial charge in [-0.3, -0.25) is 25.8 Å². The molecule has 30 heavy (non-hydrogen) atoms. The van der Waals surface area contributed by atoms with E-state index in [0.29, 0.717) is 16.5 Å². The molecule has 3 rings (SSSR count). The van der Waals surface area contributed by atoms with E-state index in [2.05, 4.69) is 16.2 Å². The number of hydrogen-bond donors (Lipinski definition) is 3. The van der Waals surface area contributed by atoms with Gasteiger partial charge in [0.25, 0.3) is 11.8 Å². The number of benzene rings is 3. The first-order chi connectivity index (χ1) is 14.5. The molecule has 0 bridgehead atoms. The Hall–Kier alpha value is -3.36. The number of hydrogen-bond acceptors (Lipinski definition) is 5. The Kier molecular flexibility index (Phi) is 7.42. The second kappa shape index (κ2) is 10.4. The summed E-state index contributed by atoms with van der Waals surface area (Å²) >= 11 is 10.9. The minimum atomic E-state index is -0.501. The maximum absolute atomic E-state index is 12.0. The third kappa shape index (κ3) is 6.33. The Balaban J connectivity index is 1.37. The lowest BCUT2D eigenvalue weighted by molar-refractivity contribution is -0.124. The van der Waals surface area contributed by atoms with Crippen molar-refractivity contribution < 1.29 is 19.1 Å².